The highest BCUT2D eigenvalue weighted by Crippen LogP contribution is 2.29. The van der Waals surface area contributed by atoms with Crippen LogP contribution in [-0.2, 0) is 11.0 Å². The molecule has 134 valence electrons. The first-order valence-electron chi connectivity index (χ1n) is 8.15. The van der Waals surface area contributed by atoms with Crippen LogP contribution in [-0.4, -0.2) is 36.1 Å². The van der Waals surface area contributed by atoms with Crippen LogP contribution < -0.4 is 16.0 Å². The van der Waals surface area contributed by atoms with E-state index in [0.29, 0.717) is 38.2 Å². The molecular weight excluding hydrogens is 321 g/mol. The lowest BCUT2D eigenvalue weighted by atomic mass is 10.0. The van der Waals surface area contributed by atoms with Crippen LogP contribution in [0.2, 0.25) is 0 Å². The number of carbonyl (C=O) groups is 1. The van der Waals surface area contributed by atoms with E-state index in [1.165, 1.54) is 6.07 Å². The predicted octanol–water partition coefficient (Wildman–Crippen LogP) is 2.31. The van der Waals surface area contributed by atoms with Crippen molar-refractivity contribution in [3.8, 4) is 0 Å². The third-order valence-corrected chi connectivity index (χ3v) is 4.18. The molecule has 1 atom stereocenters. The first kappa shape index (κ1) is 18.5. The first-order chi connectivity index (χ1) is 11.3. The van der Waals surface area contributed by atoms with Gasteiger partial charge in [-0.05, 0) is 31.4 Å². The van der Waals surface area contributed by atoms with Gasteiger partial charge in [-0.1, -0.05) is 13.3 Å². The second-order valence-corrected chi connectivity index (χ2v) is 6.07. The van der Waals surface area contributed by atoms with Gasteiger partial charge in [0.15, 0.2) is 0 Å². The molecule has 1 saturated heterocycles. The molecule has 0 aliphatic carbocycles. The van der Waals surface area contributed by atoms with E-state index in [0.717, 1.165) is 18.7 Å². The third kappa shape index (κ3) is 4.83. The molecule has 1 aromatic rings. The van der Waals surface area contributed by atoms with Gasteiger partial charge in [0.1, 0.15) is 5.82 Å². The molecule has 0 radical (unpaired) electrons. The van der Waals surface area contributed by atoms with Gasteiger partial charge in [0, 0.05) is 25.3 Å². The highest BCUT2D eigenvalue weighted by Gasteiger charge is 2.31. The smallest absolute Gasteiger partial charge is 0.356 e. The molecule has 1 aliphatic heterocycles. The van der Waals surface area contributed by atoms with E-state index in [1.807, 2.05) is 11.8 Å². The van der Waals surface area contributed by atoms with Crippen molar-refractivity contribution in [1.82, 2.24) is 10.3 Å². The topological polar surface area (TPSA) is 71.2 Å². The minimum atomic E-state index is -4.37. The number of hydrogen-bond acceptors (Lipinski definition) is 4. The second kappa shape index (κ2) is 7.83. The standard InChI is InChI=1S/C16H23F3N4O/c1-2-3-13(20)15(24)22-12-6-8-23(9-7-12)14-5-4-11(10-21-14)16(17,18)19/h4-5,10,12-13H,2-3,6-9,20H2,1H3,(H,22,24). The third-order valence-electron chi connectivity index (χ3n) is 4.18. The first-order valence-corrected chi connectivity index (χ1v) is 8.15. The number of piperidine rings is 1. The summed E-state index contributed by atoms with van der Waals surface area (Å²) >= 11 is 0. The number of anilines is 1. The fourth-order valence-electron chi connectivity index (χ4n) is 2.74. The van der Waals surface area contributed by atoms with Crippen LogP contribution in [0.25, 0.3) is 0 Å². The number of rotatable bonds is 5. The Morgan fingerprint density at radius 1 is 1.42 bits per heavy atom. The summed E-state index contributed by atoms with van der Waals surface area (Å²) in [6.45, 7) is 3.24. The molecule has 0 saturated carbocycles. The van der Waals surface area contributed by atoms with Gasteiger partial charge >= 0.3 is 6.18 Å². The number of nitrogens with two attached hydrogens (primary N) is 1. The molecule has 3 N–H and O–H groups in total. The molecule has 8 heteroatoms. The van der Waals surface area contributed by atoms with Crippen LogP contribution in [0.1, 0.15) is 38.2 Å². The van der Waals surface area contributed by atoms with Crippen molar-refractivity contribution in [2.24, 2.45) is 5.73 Å². The lowest BCUT2D eigenvalue weighted by Crippen LogP contribution is -2.49. The van der Waals surface area contributed by atoms with Crippen LogP contribution in [0.15, 0.2) is 18.3 Å². The average molecular weight is 344 g/mol. The summed E-state index contributed by atoms with van der Waals surface area (Å²) in [6, 6.07) is 1.99. The van der Waals surface area contributed by atoms with Gasteiger partial charge in [-0.2, -0.15) is 13.2 Å². The molecule has 1 aliphatic rings. The Morgan fingerprint density at radius 3 is 2.58 bits per heavy atom. The number of pyridine rings is 1. The number of nitrogens with one attached hydrogen (secondary N) is 1. The van der Waals surface area contributed by atoms with Gasteiger partial charge in [-0.25, -0.2) is 4.98 Å². The lowest BCUT2D eigenvalue weighted by Gasteiger charge is -2.33. The summed E-state index contributed by atoms with van der Waals surface area (Å²) in [6.07, 6.45) is -0.583. The zero-order chi connectivity index (χ0) is 17.7. The summed E-state index contributed by atoms with van der Waals surface area (Å²) in [5.74, 6) is 0.387. The van der Waals surface area contributed by atoms with Crippen LogP contribution >= 0.6 is 0 Å². The monoisotopic (exact) mass is 344 g/mol. The number of halogens is 3. The van der Waals surface area contributed by atoms with E-state index in [1.54, 1.807) is 0 Å². The van der Waals surface area contributed by atoms with Crippen LogP contribution in [0.4, 0.5) is 19.0 Å². The van der Waals surface area contributed by atoms with Gasteiger partial charge in [0.25, 0.3) is 0 Å². The van der Waals surface area contributed by atoms with Crippen molar-refractivity contribution >= 4 is 11.7 Å². The summed E-state index contributed by atoms with van der Waals surface area (Å²) in [5, 5.41) is 2.94. The van der Waals surface area contributed by atoms with Crippen molar-refractivity contribution in [1.29, 1.82) is 0 Å². The largest absolute Gasteiger partial charge is 0.417 e. The molecule has 1 fully saturated rings. The predicted molar refractivity (Wildman–Crippen MR) is 85.5 cm³/mol. The molecule has 1 unspecified atom stereocenters. The van der Waals surface area contributed by atoms with E-state index in [2.05, 4.69) is 10.3 Å². The Labute approximate surface area is 139 Å². The van der Waals surface area contributed by atoms with Crippen LogP contribution in [0.5, 0.6) is 0 Å². The van der Waals surface area contributed by atoms with Crippen molar-refractivity contribution in [3.05, 3.63) is 23.9 Å². The molecule has 2 rings (SSSR count). The van der Waals surface area contributed by atoms with Gasteiger partial charge < -0.3 is 16.0 Å². The zero-order valence-corrected chi connectivity index (χ0v) is 13.6. The van der Waals surface area contributed by atoms with Crippen molar-refractivity contribution < 1.29 is 18.0 Å². The Hall–Kier alpha value is -1.83. The Kier molecular flexibility index (Phi) is 6.04. The van der Waals surface area contributed by atoms with Crippen molar-refractivity contribution in [2.45, 2.75) is 50.9 Å². The highest BCUT2D eigenvalue weighted by atomic mass is 19.4. The highest BCUT2D eigenvalue weighted by molar-refractivity contribution is 5.81. The Balaban J connectivity index is 1.85. The summed E-state index contributed by atoms with van der Waals surface area (Å²) in [4.78, 5) is 17.7. The zero-order valence-electron chi connectivity index (χ0n) is 13.6. The molecule has 2 heterocycles. The average Bonchev–Trinajstić information content (AvgIpc) is 2.55. The Morgan fingerprint density at radius 2 is 2.08 bits per heavy atom. The number of carbonyl (C=O) groups excluding carboxylic acids is 1. The maximum atomic E-state index is 12.6. The fraction of sp³-hybridized carbons (Fsp3) is 0.625. The molecule has 5 nitrogen and oxygen atoms in total. The summed E-state index contributed by atoms with van der Waals surface area (Å²) in [5.41, 5.74) is 5.04. The number of hydrogen-bond donors (Lipinski definition) is 2. The number of amides is 1. The molecule has 24 heavy (non-hydrogen) atoms. The second-order valence-electron chi connectivity index (χ2n) is 6.07. The summed E-state index contributed by atoms with van der Waals surface area (Å²) in [7, 11) is 0. The van der Waals surface area contributed by atoms with Crippen molar-refractivity contribution in [3.63, 3.8) is 0 Å². The van der Waals surface area contributed by atoms with Gasteiger partial charge in [-0.15, -0.1) is 0 Å². The molecule has 1 amide bonds. The normalized spacial score (nSPS) is 17.6. The molecule has 0 spiro atoms. The minimum Gasteiger partial charge on any atom is -0.356 e. The lowest BCUT2D eigenvalue weighted by molar-refractivity contribution is -0.137. The molecule has 1 aromatic heterocycles. The van der Waals surface area contributed by atoms with E-state index in [9.17, 15) is 18.0 Å². The van der Waals surface area contributed by atoms with Gasteiger partial charge in [0.05, 0.1) is 11.6 Å². The maximum absolute atomic E-state index is 12.6. The SMILES string of the molecule is CCCC(N)C(=O)NC1CCN(c2ccc(C(F)(F)F)cn2)CC1. The van der Waals surface area contributed by atoms with E-state index in [4.69, 9.17) is 5.73 Å². The molecule has 0 bridgehead atoms. The maximum Gasteiger partial charge on any atom is 0.417 e. The quantitative estimate of drug-likeness (QED) is 0.860. The van der Waals surface area contributed by atoms with Gasteiger partial charge in [0.2, 0.25) is 5.91 Å². The van der Waals surface area contributed by atoms with Crippen molar-refractivity contribution in [2.75, 3.05) is 18.0 Å². The van der Waals surface area contributed by atoms with Crippen LogP contribution in [0, 0.1) is 0 Å². The number of alkyl halides is 3. The van der Waals surface area contributed by atoms with Gasteiger partial charge in [-0.3, -0.25) is 4.79 Å². The number of aromatic nitrogens is 1. The van der Waals surface area contributed by atoms with E-state index in [-0.39, 0.29) is 11.9 Å². The molecule has 0 aromatic carbocycles. The minimum absolute atomic E-state index is 0.0473. The number of nitrogens with zero attached hydrogens (tertiary/aromatic N) is 2. The molecular formula is C16H23F3N4O. The fourth-order valence-corrected chi connectivity index (χ4v) is 2.74. The van der Waals surface area contributed by atoms with E-state index < -0.39 is 17.8 Å². The van der Waals surface area contributed by atoms with Crippen LogP contribution in [0.3, 0.4) is 0 Å². The Bertz CT molecular complexity index is 539. The summed E-state index contributed by atoms with van der Waals surface area (Å²) < 4.78 is 37.7. The van der Waals surface area contributed by atoms with E-state index >= 15 is 0 Å².